The summed E-state index contributed by atoms with van der Waals surface area (Å²) in [6.45, 7) is 0. The highest BCUT2D eigenvalue weighted by atomic mass is 35.5. The summed E-state index contributed by atoms with van der Waals surface area (Å²) in [6.07, 6.45) is -1.79. The lowest BCUT2D eigenvalue weighted by Gasteiger charge is -2.05. The number of aldehydes is 1. The van der Waals surface area contributed by atoms with E-state index in [0.717, 1.165) is 11.1 Å². The lowest BCUT2D eigenvalue weighted by molar-refractivity contribution is 0.112. The van der Waals surface area contributed by atoms with Gasteiger partial charge in [0, 0.05) is 16.1 Å². The number of halogens is 3. The monoisotopic (exact) mass is 266 g/mol. The van der Waals surface area contributed by atoms with Gasteiger partial charge in [-0.05, 0) is 29.3 Å². The number of rotatable bonds is 3. The van der Waals surface area contributed by atoms with E-state index in [1.807, 2.05) is 0 Å². The molecule has 0 aliphatic heterocycles. The summed E-state index contributed by atoms with van der Waals surface area (Å²) in [5, 5.41) is 0.438. The first-order valence-corrected chi connectivity index (χ1v) is 5.62. The first kappa shape index (κ1) is 12.7. The molecule has 2 rings (SSSR count). The Kier molecular flexibility index (Phi) is 3.72. The van der Waals surface area contributed by atoms with Crippen molar-refractivity contribution in [3.05, 3.63) is 58.6 Å². The molecule has 2 aromatic rings. The second-order valence-electron chi connectivity index (χ2n) is 3.81. The van der Waals surface area contributed by atoms with E-state index in [2.05, 4.69) is 0 Å². The molecule has 0 saturated carbocycles. The molecule has 0 aromatic heterocycles. The number of carbonyl (C=O) groups excluding carboxylic acids is 1. The zero-order valence-corrected chi connectivity index (χ0v) is 9.99. The Labute approximate surface area is 108 Å². The third-order valence-corrected chi connectivity index (χ3v) is 2.77. The van der Waals surface area contributed by atoms with Crippen LogP contribution in [-0.2, 0) is 0 Å². The zero-order chi connectivity index (χ0) is 13.1. The normalized spacial score (nSPS) is 10.7. The molecule has 2 aromatic carbocycles. The van der Waals surface area contributed by atoms with Crippen molar-refractivity contribution in [2.75, 3.05) is 0 Å². The number of hydrogen-bond acceptors (Lipinski definition) is 1. The Hall–Kier alpha value is -1.74. The fourth-order valence-electron chi connectivity index (χ4n) is 1.67. The maximum Gasteiger partial charge on any atom is 0.263 e. The third kappa shape index (κ3) is 2.74. The van der Waals surface area contributed by atoms with Gasteiger partial charge in [0.25, 0.3) is 6.43 Å². The fraction of sp³-hybridized carbons (Fsp3) is 0.0714. The summed E-state index contributed by atoms with van der Waals surface area (Å²) >= 11 is 5.88. The number of benzene rings is 2. The van der Waals surface area contributed by atoms with Crippen LogP contribution in [0.1, 0.15) is 22.3 Å². The van der Waals surface area contributed by atoms with Crippen LogP contribution in [0.3, 0.4) is 0 Å². The third-order valence-electron chi connectivity index (χ3n) is 2.55. The van der Waals surface area contributed by atoms with Crippen LogP contribution in [0.15, 0.2) is 42.5 Å². The van der Waals surface area contributed by atoms with Crippen LogP contribution in [0.25, 0.3) is 11.1 Å². The van der Waals surface area contributed by atoms with E-state index < -0.39 is 6.43 Å². The average Bonchev–Trinajstić information content (AvgIpc) is 2.38. The van der Waals surface area contributed by atoms with Crippen LogP contribution in [0.2, 0.25) is 5.02 Å². The Morgan fingerprint density at radius 3 is 2.22 bits per heavy atom. The topological polar surface area (TPSA) is 17.1 Å². The first-order chi connectivity index (χ1) is 8.60. The van der Waals surface area contributed by atoms with Gasteiger partial charge in [-0.1, -0.05) is 35.9 Å². The Morgan fingerprint density at radius 1 is 1.00 bits per heavy atom. The molecule has 0 unspecified atom stereocenters. The van der Waals surface area contributed by atoms with Crippen molar-refractivity contribution >= 4 is 17.9 Å². The maximum absolute atomic E-state index is 12.4. The Morgan fingerprint density at radius 2 is 1.67 bits per heavy atom. The second-order valence-corrected chi connectivity index (χ2v) is 4.25. The highest BCUT2D eigenvalue weighted by Crippen LogP contribution is 2.27. The van der Waals surface area contributed by atoms with Crippen LogP contribution >= 0.6 is 11.6 Å². The summed E-state index contributed by atoms with van der Waals surface area (Å²) in [5.41, 5.74) is 1.89. The summed E-state index contributed by atoms with van der Waals surface area (Å²) < 4.78 is 24.8. The smallest absolute Gasteiger partial charge is 0.263 e. The quantitative estimate of drug-likeness (QED) is 0.732. The SMILES string of the molecule is O=Cc1cc(Cl)cc(-c2ccc(C(F)F)cc2)c1. The van der Waals surface area contributed by atoms with Crippen molar-refractivity contribution < 1.29 is 13.6 Å². The van der Waals surface area contributed by atoms with Crippen LogP contribution in [0.5, 0.6) is 0 Å². The molecule has 0 aliphatic rings. The molecule has 0 saturated heterocycles. The van der Waals surface area contributed by atoms with Gasteiger partial charge in [-0.15, -0.1) is 0 Å². The minimum atomic E-state index is -2.48. The summed E-state index contributed by atoms with van der Waals surface area (Å²) in [7, 11) is 0. The van der Waals surface area contributed by atoms with Gasteiger partial charge in [-0.2, -0.15) is 0 Å². The van der Waals surface area contributed by atoms with Crippen LogP contribution in [0, 0.1) is 0 Å². The van der Waals surface area contributed by atoms with E-state index in [1.165, 1.54) is 12.1 Å². The standard InChI is InChI=1S/C14H9ClF2O/c15-13-6-9(8-18)5-12(7-13)10-1-3-11(4-2-10)14(16)17/h1-8,14H. The molecule has 92 valence electrons. The first-order valence-electron chi connectivity index (χ1n) is 5.24. The molecule has 0 radical (unpaired) electrons. The van der Waals surface area contributed by atoms with Gasteiger partial charge in [0.2, 0.25) is 0 Å². The molecule has 1 nitrogen and oxygen atoms in total. The summed E-state index contributed by atoms with van der Waals surface area (Å²) in [5.74, 6) is 0. The van der Waals surface area contributed by atoms with Crippen LogP contribution in [0.4, 0.5) is 8.78 Å². The van der Waals surface area contributed by atoms with Crippen molar-refractivity contribution in [3.63, 3.8) is 0 Å². The van der Waals surface area contributed by atoms with E-state index in [9.17, 15) is 13.6 Å². The predicted octanol–water partition coefficient (Wildman–Crippen LogP) is 4.76. The Balaban J connectivity index is 2.42. The molecule has 18 heavy (non-hydrogen) atoms. The van der Waals surface area contributed by atoms with Gasteiger partial charge >= 0.3 is 0 Å². The van der Waals surface area contributed by atoms with E-state index in [0.29, 0.717) is 16.9 Å². The van der Waals surface area contributed by atoms with Gasteiger partial charge < -0.3 is 0 Å². The van der Waals surface area contributed by atoms with Crippen LogP contribution in [-0.4, -0.2) is 6.29 Å². The van der Waals surface area contributed by atoms with E-state index >= 15 is 0 Å². The van der Waals surface area contributed by atoms with Crippen molar-refractivity contribution in [1.82, 2.24) is 0 Å². The summed E-state index contributed by atoms with van der Waals surface area (Å²) in [6, 6.07) is 10.8. The molecule has 0 bridgehead atoms. The van der Waals surface area contributed by atoms with Crippen molar-refractivity contribution in [1.29, 1.82) is 0 Å². The minimum Gasteiger partial charge on any atom is -0.298 e. The maximum atomic E-state index is 12.4. The molecule has 0 amide bonds. The predicted molar refractivity (Wildman–Crippen MR) is 67.2 cm³/mol. The molecule has 0 heterocycles. The van der Waals surface area contributed by atoms with E-state index in [-0.39, 0.29) is 5.56 Å². The van der Waals surface area contributed by atoms with Gasteiger partial charge in [-0.3, -0.25) is 4.79 Å². The van der Waals surface area contributed by atoms with E-state index in [1.54, 1.807) is 30.3 Å². The van der Waals surface area contributed by atoms with Gasteiger partial charge in [0.1, 0.15) is 6.29 Å². The molecule has 4 heteroatoms. The lowest BCUT2D eigenvalue weighted by atomic mass is 10.0. The average molecular weight is 267 g/mol. The number of hydrogen-bond donors (Lipinski definition) is 0. The van der Waals surface area contributed by atoms with Crippen molar-refractivity contribution in [2.45, 2.75) is 6.43 Å². The largest absolute Gasteiger partial charge is 0.298 e. The van der Waals surface area contributed by atoms with Gasteiger partial charge in [-0.25, -0.2) is 8.78 Å². The highest BCUT2D eigenvalue weighted by molar-refractivity contribution is 6.31. The van der Waals surface area contributed by atoms with Crippen LogP contribution < -0.4 is 0 Å². The number of carbonyl (C=O) groups is 1. The molecule has 0 N–H and O–H groups in total. The summed E-state index contributed by atoms with van der Waals surface area (Å²) in [4.78, 5) is 10.7. The van der Waals surface area contributed by atoms with Crippen molar-refractivity contribution in [3.8, 4) is 11.1 Å². The molecule has 0 fully saturated rings. The Bertz CT molecular complexity index is 565. The van der Waals surface area contributed by atoms with Crippen molar-refractivity contribution in [2.24, 2.45) is 0 Å². The molecular formula is C14H9ClF2O. The molecular weight excluding hydrogens is 258 g/mol. The van der Waals surface area contributed by atoms with Gasteiger partial charge in [0.05, 0.1) is 0 Å². The fourth-order valence-corrected chi connectivity index (χ4v) is 1.91. The minimum absolute atomic E-state index is 0.0311. The number of alkyl halides is 2. The molecule has 0 atom stereocenters. The zero-order valence-electron chi connectivity index (χ0n) is 9.24. The highest BCUT2D eigenvalue weighted by Gasteiger charge is 2.07. The lowest BCUT2D eigenvalue weighted by Crippen LogP contribution is -1.86. The van der Waals surface area contributed by atoms with E-state index in [4.69, 9.17) is 11.6 Å². The molecule has 0 aliphatic carbocycles. The van der Waals surface area contributed by atoms with Gasteiger partial charge in [0.15, 0.2) is 0 Å². The molecule has 0 spiro atoms. The second kappa shape index (κ2) is 5.27.